The Morgan fingerprint density at radius 1 is 1.25 bits per heavy atom. The summed E-state index contributed by atoms with van der Waals surface area (Å²) >= 11 is 3.49. The van der Waals surface area contributed by atoms with E-state index < -0.39 is 0 Å². The van der Waals surface area contributed by atoms with E-state index in [-0.39, 0.29) is 0 Å². The first-order valence-corrected chi connectivity index (χ1v) is 7.61. The first-order valence-electron chi connectivity index (χ1n) is 6.82. The zero-order chi connectivity index (χ0) is 13.9. The number of benzene rings is 1. The Morgan fingerprint density at radius 3 is 2.95 bits per heavy atom. The molecule has 3 rings (SSSR count). The molecule has 0 fully saturated rings. The molecule has 1 aromatic heterocycles. The normalized spacial score (nSPS) is 13.1. The standard InChI is InChI=1S/C15H16BrN3O/c1-2-17-14-13(16)15(19-9-18-14)20-12-7-6-10-4-3-5-11(10)8-12/h6-9H,2-5H2,1H3,(H,17,18,19). The Balaban J connectivity index is 1.86. The van der Waals surface area contributed by atoms with Crippen molar-refractivity contribution < 1.29 is 4.74 Å². The summed E-state index contributed by atoms with van der Waals surface area (Å²) in [6, 6.07) is 6.27. The van der Waals surface area contributed by atoms with E-state index in [1.807, 2.05) is 13.0 Å². The van der Waals surface area contributed by atoms with Crippen LogP contribution in [0.3, 0.4) is 0 Å². The lowest BCUT2D eigenvalue weighted by atomic mass is 10.1. The van der Waals surface area contributed by atoms with Crippen LogP contribution in [0.5, 0.6) is 11.6 Å². The summed E-state index contributed by atoms with van der Waals surface area (Å²) in [5, 5.41) is 3.17. The smallest absolute Gasteiger partial charge is 0.238 e. The van der Waals surface area contributed by atoms with Crippen LogP contribution in [0, 0.1) is 0 Å². The fourth-order valence-corrected chi connectivity index (χ4v) is 2.86. The highest BCUT2D eigenvalue weighted by atomic mass is 79.9. The van der Waals surface area contributed by atoms with Gasteiger partial charge in [-0.15, -0.1) is 0 Å². The van der Waals surface area contributed by atoms with Crippen molar-refractivity contribution in [3.63, 3.8) is 0 Å². The molecular weight excluding hydrogens is 318 g/mol. The molecule has 1 aromatic carbocycles. The van der Waals surface area contributed by atoms with E-state index in [9.17, 15) is 0 Å². The van der Waals surface area contributed by atoms with Crippen molar-refractivity contribution in [1.29, 1.82) is 0 Å². The average Bonchev–Trinajstić information content (AvgIpc) is 2.91. The number of nitrogens with one attached hydrogen (secondary N) is 1. The highest BCUT2D eigenvalue weighted by Gasteiger charge is 2.14. The van der Waals surface area contributed by atoms with Gasteiger partial charge in [0.15, 0.2) is 0 Å². The molecule has 0 aliphatic heterocycles. The lowest BCUT2D eigenvalue weighted by Crippen LogP contribution is -2.02. The summed E-state index contributed by atoms with van der Waals surface area (Å²) in [5.74, 6) is 2.11. The van der Waals surface area contributed by atoms with Crippen LogP contribution in [-0.2, 0) is 12.8 Å². The number of halogens is 1. The second-order valence-corrected chi connectivity index (χ2v) is 5.55. The van der Waals surface area contributed by atoms with Crippen molar-refractivity contribution in [2.45, 2.75) is 26.2 Å². The average molecular weight is 334 g/mol. The number of fused-ring (bicyclic) bond motifs is 1. The maximum Gasteiger partial charge on any atom is 0.238 e. The SMILES string of the molecule is CCNc1ncnc(Oc2ccc3c(c2)CCC3)c1Br. The van der Waals surface area contributed by atoms with Gasteiger partial charge < -0.3 is 10.1 Å². The van der Waals surface area contributed by atoms with Crippen molar-refractivity contribution in [3.05, 3.63) is 40.1 Å². The number of rotatable bonds is 4. The molecule has 1 heterocycles. The molecule has 0 amide bonds. The lowest BCUT2D eigenvalue weighted by Gasteiger charge is -2.10. The number of ether oxygens (including phenoxy) is 1. The van der Waals surface area contributed by atoms with E-state index in [1.165, 1.54) is 30.3 Å². The monoisotopic (exact) mass is 333 g/mol. The maximum atomic E-state index is 5.88. The van der Waals surface area contributed by atoms with Gasteiger partial charge in [0.2, 0.25) is 5.88 Å². The van der Waals surface area contributed by atoms with E-state index in [0.29, 0.717) is 5.88 Å². The minimum atomic E-state index is 0.536. The van der Waals surface area contributed by atoms with Crippen LogP contribution in [0.15, 0.2) is 29.0 Å². The third kappa shape index (κ3) is 2.63. The van der Waals surface area contributed by atoms with Gasteiger partial charge in [-0.05, 0) is 65.4 Å². The molecule has 4 nitrogen and oxygen atoms in total. The van der Waals surface area contributed by atoms with Gasteiger partial charge in [-0.1, -0.05) is 6.07 Å². The van der Waals surface area contributed by atoms with Crippen LogP contribution in [0.25, 0.3) is 0 Å². The van der Waals surface area contributed by atoms with Crippen LogP contribution in [-0.4, -0.2) is 16.5 Å². The van der Waals surface area contributed by atoms with Crippen LogP contribution in [0.1, 0.15) is 24.5 Å². The van der Waals surface area contributed by atoms with E-state index >= 15 is 0 Å². The summed E-state index contributed by atoms with van der Waals surface area (Å²) < 4.78 is 6.64. The number of nitrogens with zero attached hydrogens (tertiary/aromatic N) is 2. The van der Waals surface area contributed by atoms with E-state index in [4.69, 9.17) is 4.74 Å². The Kier molecular flexibility index (Phi) is 3.87. The Hall–Kier alpha value is -1.62. The second kappa shape index (κ2) is 5.79. The van der Waals surface area contributed by atoms with Gasteiger partial charge in [0, 0.05) is 6.54 Å². The highest BCUT2D eigenvalue weighted by molar-refractivity contribution is 9.10. The highest BCUT2D eigenvalue weighted by Crippen LogP contribution is 2.33. The van der Waals surface area contributed by atoms with Crippen LogP contribution >= 0.6 is 15.9 Å². The van der Waals surface area contributed by atoms with Gasteiger partial charge in [0.05, 0.1) is 0 Å². The van der Waals surface area contributed by atoms with Crippen molar-refractivity contribution in [3.8, 4) is 11.6 Å². The van der Waals surface area contributed by atoms with Gasteiger partial charge in [0.25, 0.3) is 0 Å². The molecule has 5 heteroatoms. The summed E-state index contributed by atoms with van der Waals surface area (Å²) in [5.41, 5.74) is 2.83. The number of anilines is 1. The predicted octanol–water partition coefficient (Wildman–Crippen LogP) is 3.95. The predicted molar refractivity (Wildman–Crippen MR) is 82.4 cm³/mol. The van der Waals surface area contributed by atoms with Crippen LogP contribution in [0.2, 0.25) is 0 Å². The number of aromatic nitrogens is 2. The Morgan fingerprint density at radius 2 is 2.10 bits per heavy atom. The van der Waals surface area contributed by atoms with Crippen LogP contribution in [0.4, 0.5) is 5.82 Å². The van der Waals surface area contributed by atoms with Crippen molar-refractivity contribution in [1.82, 2.24) is 9.97 Å². The molecule has 2 aromatic rings. The molecule has 1 aliphatic carbocycles. The first kappa shape index (κ1) is 13.4. The third-order valence-corrected chi connectivity index (χ3v) is 4.10. The van der Waals surface area contributed by atoms with Crippen LogP contribution < -0.4 is 10.1 Å². The largest absolute Gasteiger partial charge is 0.438 e. The molecule has 20 heavy (non-hydrogen) atoms. The minimum absolute atomic E-state index is 0.536. The molecular formula is C15H16BrN3O. The van der Waals surface area contributed by atoms with Gasteiger partial charge in [0.1, 0.15) is 22.4 Å². The quantitative estimate of drug-likeness (QED) is 0.920. The number of hydrogen-bond acceptors (Lipinski definition) is 4. The van der Waals surface area contributed by atoms with E-state index in [1.54, 1.807) is 0 Å². The molecule has 1 aliphatic rings. The van der Waals surface area contributed by atoms with Gasteiger partial charge >= 0.3 is 0 Å². The van der Waals surface area contributed by atoms with Gasteiger partial charge in [-0.3, -0.25) is 0 Å². The maximum absolute atomic E-state index is 5.88. The minimum Gasteiger partial charge on any atom is -0.438 e. The fraction of sp³-hybridized carbons (Fsp3) is 0.333. The number of hydrogen-bond donors (Lipinski definition) is 1. The molecule has 0 atom stereocenters. The van der Waals surface area contributed by atoms with Gasteiger partial charge in [-0.25, -0.2) is 9.97 Å². The van der Waals surface area contributed by atoms with E-state index in [2.05, 4.69) is 43.3 Å². The molecule has 0 saturated carbocycles. The van der Waals surface area contributed by atoms with Crippen molar-refractivity contribution in [2.75, 3.05) is 11.9 Å². The molecule has 0 radical (unpaired) electrons. The second-order valence-electron chi connectivity index (χ2n) is 4.76. The molecule has 104 valence electrons. The molecule has 0 saturated heterocycles. The summed E-state index contributed by atoms with van der Waals surface area (Å²) in [6.07, 6.45) is 5.06. The topological polar surface area (TPSA) is 47.0 Å². The van der Waals surface area contributed by atoms with E-state index in [0.717, 1.165) is 29.0 Å². The number of aryl methyl sites for hydroxylation is 2. The summed E-state index contributed by atoms with van der Waals surface area (Å²) in [6.45, 7) is 2.82. The molecule has 1 N–H and O–H groups in total. The Labute approximate surface area is 126 Å². The molecule has 0 bridgehead atoms. The summed E-state index contributed by atoms with van der Waals surface area (Å²) in [4.78, 5) is 8.37. The Bertz CT molecular complexity index is 631. The van der Waals surface area contributed by atoms with Crippen molar-refractivity contribution >= 4 is 21.7 Å². The summed E-state index contributed by atoms with van der Waals surface area (Å²) in [7, 11) is 0. The molecule has 0 unspecified atom stereocenters. The molecule has 0 spiro atoms. The lowest BCUT2D eigenvalue weighted by molar-refractivity contribution is 0.458. The zero-order valence-electron chi connectivity index (χ0n) is 11.3. The van der Waals surface area contributed by atoms with Crippen molar-refractivity contribution in [2.24, 2.45) is 0 Å². The first-order chi connectivity index (χ1) is 9.78. The van der Waals surface area contributed by atoms with Gasteiger partial charge in [-0.2, -0.15) is 0 Å². The zero-order valence-corrected chi connectivity index (χ0v) is 12.9. The fourth-order valence-electron chi connectivity index (χ4n) is 2.44. The third-order valence-electron chi connectivity index (χ3n) is 3.39.